The van der Waals surface area contributed by atoms with Gasteiger partial charge in [0.05, 0.1) is 5.56 Å². The van der Waals surface area contributed by atoms with Crippen LogP contribution >= 0.6 is 0 Å². The number of hydrogen-bond donors (Lipinski definition) is 4. The van der Waals surface area contributed by atoms with E-state index in [1.807, 2.05) is 0 Å². The summed E-state index contributed by atoms with van der Waals surface area (Å²) in [7, 11) is 1.70. The van der Waals surface area contributed by atoms with Crippen LogP contribution in [-0.4, -0.2) is 50.0 Å². The summed E-state index contributed by atoms with van der Waals surface area (Å²) in [4.78, 5) is 41.3. The Kier molecular flexibility index (Phi) is 7.99. The number of nitrogens with zero attached hydrogens (tertiary/aromatic N) is 4. The highest BCUT2D eigenvalue weighted by molar-refractivity contribution is 5.89. The van der Waals surface area contributed by atoms with Gasteiger partial charge in [0.15, 0.2) is 5.82 Å². The van der Waals surface area contributed by atoms with Gasteiger partial charge in [0, 0.05) is 43.5 Å². The highest BCUT2D eigenvalue weighted by Gasteiger charge is 2.27. The lowest BCUT2D eigenvalue weighted by atomic mass is 9.85. The van der Waals surface area contributed by atoms with Gasteiger partial charge < -0.3 is 21.1 Å². The summed E-state index contributed by atoms with van der Waals surface area (Å²) in [6.07, 6.45) is 6.02. The zero-order valence-corrected chi connectivity index (χ0v) is 19.9. The van der Waals surface area contributed by atoms with Crippen LogP contribution in [0.2, 0.25) is 0 Å². The van der Waals surface area contributed by atoms with Crippen LogP contribution in [0.5, 0.6) is 0 Å². The van der Waals surface area contributed by atoms with E-state index in [0.717, 1.165) is 12.8 Å². The van der Waals surface area contributed by atoms with Crippen LogP contribution < -0.4 is 16.0 Å². The first-order chi connectivity index (χ1) is 17.5. The molecule has 0 atom stereocenters. The number of anilines is 2. The van der Waals surface area contributed by atoms with Crippen molar-refractivity contribution in [1.82, 2.24) is 25.3 Å². The average molecular weight is 494 g/mol. The summed E-state index contributed by atoms with van der Waals surface area (Å²) in [6, 6.07) is 8.12. The first-order valence-electron chi connectivity index (χ1n) is 11.8. The van der Waals surface area contributed by atoms with E-state index in [4.69, 9.17) is 0 Å². The Balaban J connectivity index is 1.36. The van der Waals surface area contributed by atoms with Gasteiger partial charge in [-0.25, -0.2) is 9.18 Å². The Morgan fingerprint density at radius 1 is 1.06 bits per heavy atom. The number of nitrogens with one attached hydrogen (secondary N) is 3. The van der Waals surface area contributed by atoms with Crippen LogP contribution in [0.4, 0.5) is 16.3 Å². The van der Waals surface area contributed by atoms with Crippen LogP contribution in [0.3, 0.4) is 0 Å². The number of hydrogen-bond acceptors (Lipinski definition) is 8. The Morgan fingerprint density at radius 3 is 2.56 bits per heavy atom. The number of aromatic nitrogens is 4. The molecule has 4 N–H and O–H groups in total. The van der Waals surface area contributed by atoms with Gasteiger partial charge >= 0.3 is 5.97 Å². The van der Waals surface area contributed by atoms with Gasteiger partial charge in [0.2, 0.25) is 17.8 Å². The molecule has 1 fully saturated rings. The number of benzene rings is 1. The maximum atomic E-state index is 13.1. The fourth-order valence-electron chi connectivity index (χ4n) is 4.23. The van der Waals surface area contributed by atoms with Crippen molar-refractivity contribution in [3.8, 4) is 11.4 Å². The van der Waals surface area contributed by atoms with Gasteiger partial charge in [-0.2, -0.15) is 15.0 Å². The summed E-state index contributed by atoms with van der Waals surface area (Å²) in [5, 5.41) is 18.4. The number of aromatic carboxylic acids is 1. The molecule has 0 saturated heterocycles. The monoisotopic (exact) mass is 493 g/mol. The summed E-state index contributed by atoms with van der Waals surface area (Å²) >= 11 is 0. The van der Waals surface area contributed by atoms with Crippen LogP contribution in [0.1, 0.15) is 47.2 Å². The summed E-state index contributed by atoms with van der Waals surface area (Å²) in [6.45, 7) is -0.336. The molecule has 188 valence electrons. The molecule has 10 nitrogen and oxygen atoms in total. The predicted molar refractivity (Wildman–Crippen MR) is 132 cm³/mol. The molecule has 1 aromatic carbocycles. The number of rotatable bonds is 9. The number of pyridine rings is 1. The smallest absolute Gasteiger partial charge is 0.335 e. The van der Waals surface area contributed by atoms with Crippen molar-refractivity contribution in [2.75, 3.05) is 17.7 Å². The first-order valence-corrected chi connectivity index (χ1v) is 11.8. The van der Waals surface area contributed by atoms with Gasteiger partial charge in [-0.3, -0.25) is 9.78 Å². The van der Waals surface area contributed by atoms with E-state index in [2.05, 4.69) is 35.9 Å². The molecule has 1 saturated carbocycles. The van der Waals surface area contributed by atoms with Crippen LogP contribution in [0.15, 0.2) is 42.7 Å². The quantitative estimate of drug-likeness (QED) is 0.353. The van der Waals surface area contributed by atoms with E-state index in [1.54, 1.807) is 31.4 Å². The van der Waals surface area contributed by atoms with E-state index >= 15 is 0 Å². The van der Waals surface area contributed by atoms with E-state index in [9.17, 15) is 19.1 Å². The molecule has 0 spiro atoms. The van der Waals surface area contributed by atoms with Crippen molar-refractivity contribution >= 4 is 23.8 Å². The topological polar surface area (TPSA) is 142 Å². The van der Waals surface area contributed by atoms with Gasteiger partial charge in [0.25, 0.3) is 0 Å². The third kappa shape index (κ3) is 6.09. The van der Waals surface area contributed by atoms with Crippen molar-refractivity contribution in [2.24, 2.45) is 5.92 Å². The standard InChI is InChI=1S/C25H28FN7O3/c1-27-24-31-21(16-3-2-4-17(11-16)23(35)36)32-25(33-24)30-20-7-5-15(6-8-20)22(34)29-14-19-13-28-10-9-18(19)12-26/h2-4,9-11,13,15,20H,5-8,12,14H2,1H3,(H,29,34)(H,35,36)(H2,27,30,31,32,33). The van der Waals surface area contributed by atoms with Crippen LogP contribution in [0, 0.1) is 5.92 Å². The molecule has 4 rings (SSSR count). The lowest BCUT2D eigenvalue weighted by Gasteiger charge is -2.28. The zero-order chi connectivity index (χ0) is 25.5. The van der Waals surface area contributed by atoms with Crippen LogP contribution in [0.25, 0.3) is 11.4 Å². The summed E-state index contributed by atoms with van der Waals surface area (Å²) in [5.41, 5.74) is 1.94. The number of carboxylic acids is 1. The molecule has 1 aliphatic carbocycles. The minimum atomic E-state index is -1.03. The Bertz CT molecular complexity index is 1230. The molecule has 1 aliphatic rings. The number of halogens is 1. The highest BCUT2D eigenvalue weighted by atomic mass is 19.1. The zero-order valence-electron chi connectivity index (χ0n) is 19.9. The third-order valence-electron chi connectivity index (χ3n) is 6.26. The van der Waals surface area contributed by atoms with E-state index in [0.29, 0.717) is 47.3 Å². The van der Waals surface area contributed by atoms with Crippen molar-refractivity contribution in [3.05, 3.63) is 59.4 Å². The maximum absolute atomic E-state index is 13.1. The van der Waals surface area contributed by atoms with Crippen molar-refractivity contribution < 1.29 is 19.1 Å². The fraction of sp³-hybridized carbons (Fsp3) is 0.360. The van der Waals surface area contributed by atoms with Crippen molar-refractivity contribution in [2.45, 2.75) is 44.9 Å². The molecule has 3 aromatic rings. The predicted octanol–water partition coefficient (Wildman–Crippen LogP) is 3.43. The summed E-state index contributed by atoms with van der Waals surface area (Å²) < 4.78 is 13.1. The Morgan fingerprint density at radius 2 is 1.83 bits per heavy atom. The molecule has 0 bridgehead atoms. The number of carbonyl (C=O) groups excluding carboxylic acids is 1. The molecule has 1 amide bonds. The van der Waals surface area contributed by atoms with Crippen molar-refractivity contribution in [1.29, 1.82) is 0 Å². The van der Waals surface area contributed by atoms with Gasteiger partial charge in [-0.1, -0.05) is 12.1 Å². The van der Waals surface area contributed by atoms with E-state index in [1.165, 1.54) is 18.3 Å². The lowest BCUT2D eigenvalue weighted by Crippen LogP contribution is -2.36. The molecule has 11 heteroatoms. The molecule has 0 unspecified atom stereocenters. The lowest BCUT2D eigenvalue weighted by molar-refractivity contribution is -0.126. The second-order valence-electron chi connectivity index (χ2n) is 8.63. The normalized spacial score (nSPS) is 17.3. The van der Waals surface area contributed by atoms with Gasteiger partial charge in [-0.15, -0.1) is 0 Å². The minimum absolute atomic E-state index is 0.0414. The highest BCUT2D eigenvalue weighted by Crippen LogP contribution is 2.27. The molecule has 2 heterocycles. The third-order valence-corrected chi connectivity index (χ3v) is 6.26. The molecule has 2 aromatic heterocycles. The maximum Gasteiger partial charge on any atom is 0.335 e. The number of amides is 1. The van der Waals surface area contributed by atoms with E-state index < -0.39 is 12.6 Å². The molecular formula is C25H28FN7O3. The van der Waals surface area contributed by atoms with Gasteiger partial charge in [0.1, 0.15) is 6.67 Å². The SMILES string of the molecule is CNc1nc(NC2CCC(C(=O)NCc3cnccc3CF)CC2)nc(-c2cccc(C(=O)O)c2)n1. The first kappa shape index (κ1) is 25.0. The van der Waals surface area contributed by atoms with E-state index in [-0.39, 0.29) is 30.0 Å². The summed E-state index contributed by atoms with van der Waals surface area (Å²) in [5.74, 6) is -0.0830. The second-order valence-corrected chi connectivity index (χ2v) is 8.63. The molecule has 0 radical (unpaired) electrons. The molecular weight excluding hydrogens is 465 g/mol. The second kappa shape index (κ2) is 11.5. The minimum Gasteiger partial charge on any atom is -0.478 e. The van der Waals surface area contributed by atoms with Crippen LogP contribution in [-0.2, 0) is 18.0 Å². The number of carbonyl (C=O) groups is 2. The number of carboxylic acid groups (broad SMARTS) is 1. The number of alkyl halides is 1. The molecule has 0 aliphatic heterocycles. The fourth-order valence-corrected chi connectivity index (χ4v) is 4.23. The molecule has 36 heavy (non-hydrogen) atoms. The average Bonchev–Trinajstić information content (AvgIpc) is 2.92. The Hall–Kier alpha value is -4.15. The van der Waals surface area contributed by atoms with Crippen molar-refractivity contribution in [3.63, 3.8) is 0 Å². The Labute approximate surface area is 207 Å². The van der Waals surface area contributed by atoms with Gasteiger partial charge in [-0.05, 0) is 55.0 Å². The largest absolute Gasteiger partial charge is 0.478 e.